The topological polar surface area (TPSA) is 29.5 Å². The van der Waals surface area contributed by atoms with Gasteiger partial charge in [0.15, 0.2) is 0 Å². The Balaban J connectivity index is 1.80. The van der Waals surface area contributed by atoms with Gasteiger partial charge in [-0.05, 0) is 50.9 Å². The van der Waals surface area contributed by atoms with Crippen LogP contribution in [0.4, 0.5) is 0 Å². The number of fused-ring (bicyclic) bond motifs is 5. The maximum absolute atomic E-state index is 10.2. The van der Waals surface area contributed by atoms with E-state index in [9.17, 15) is 5.11 Å². The molecule has 2 heteroatoms. The van der Waals surface area contributed by atoms with E-state index in [4.69, 9.17) is 4.74 Å². The Labute approximate surface area is 97.7 Å². The summed E-state index contributed by atoms with van der Waals surface area (Å²) in [7, 11) is 0. The van der Waals surface area contributed by atoms with Crippen LogP contribution < -0.4 is 0 Å². The van der Waals surface area contributed by atoms with Crippen LogP contribution in [-0.4, -0.2) is 22.9 Å². The van der Waals surface area contributed by atoms with Crippen LogP contribution in [0.1, 0.15) is 33.6 Å². The summed E-state index contributed by atoms with van der Waals surface area (Å²) in [5.74, 6) is 2.34. The Morgan fingerprint density at radius 3 is 2.31 bits per heavy atom. The van der Waals surface area contributed by atoms with Gasteiger partial charge in [-0.1, -0.05) is 12.2 Å². The van der Waals surface area contributed by atoms with Gasteiger partial charge in [0.1, 0.15) is 0 Å². The number of hydrogen-bond donors (Lipinski definition) is 1. The van der Waals surface area contributed by atoms with Gasteiger partial charge in [0.05, 0.1) is 17.8 Å². The number of aliphatic hydroxyl groups excluding tert-OH is 1. The number of hydrogen-bond acceptors (Lipinski definition) is 2. The monoisotopic (exact) mass is 222 g/mol. The third-order valence-electron chi connectivity index (χ3n) is 4.44. The maximum atomic E-state index is 10.2. The normalized spacial score (nSPS) is 50.0. The van der Waals surface area contributed by atoms with Crippen molar-refractivity contribution in [1.29, 1.82) is 0 Å². The van der Waals surface area contributed by atoms with Crippen LogP contribution in [0.3, 0.4) is 0 Å². The van der Waals surface area contributed by atoms with Gasteiger partial charge in [0.25, 0.3) is 0 Å². The standard InChI is InChI=1S/C14H22O2/c1-14(2,3)16-11-7-10(15)12-8-4-5-9(6-8)13(11)12/h4-5,8-13,15H,6-7H2,1-3H3/t8-,9+,10+,11-,12?,13?/m1/s1. The number of allylic oxidation sites excluding steroid dienone is 2. The quantitative estimate of drug-likeness (QED) is 0.690. The minimum absolute atomic E-state index is 0.0924. The molecule has 90 valence electrons. The summed E-state index contributed by atoms with van der Waals surface area (Å²) in [6.45, 7) is 6.32. The summed E-state index contributed by atoms with van der Waals surface area (Å²) >= 11 is 0. The fraction of sp³-hybridized carbons (Fsp3) is 0.857. The van der Waals surface area contributed by atoms with Crippen LogP contribution in [0.15, 0.2) is 12.2 Å². The predicted octanol–water partition coefficient (Wildman–Crippen LogP) is 2.37. The van der Waals surface area contributed by atoms with E-state index in [-0.39, 0.29) is 17.8 Å². The van der Waals surface area contributed by atoms with Crippen molar-refractivity contribution in [3.63, 3.8) is 0 Å². The molecule has 2 fully saturated rings. The predicted molar refractivity (Wildman–Crippen MR) is 63.0 cm³/mol. The van der Waals surface area contributed by atoms with Crippen molar-refractivity contribution >= 4 is 0 Å². The van der Waals surface area contributed by atoms with E-state index in [1.165, 1.54) is 6.42 Å². The molecule has 2 bridgehead atoms. The van der Waals surface area contributed by atoms with E-state index in [0.717, 1.165) is 6.42 Å². The zero-order chi connectivity index (χ0) is 11.5. The fourth-order valence-corrected chi connectivity index (χ4v) is 4.10. The molecule has 2 saturated carbocycles. The van der Waals surface area contributed by atoms with Gasteiger partial charge in [-0.25, -0.2) is 0 Å². The van der Waals surface area contributed by atoms with Crippen molar-refractivity contribution in [3.05, 3.63) is 12.2 Å². The summed E-state index contributed by atoms with van der Waals surface area (Å²) in [6.07, 6.45) is 6.87. The molecule has 3 rings (SSSR count). The molecular weight excluding hydrogens is 200 g/mol. The van der Waals surface area contributed by atoms with Gasteiger partial charge < -0.3 is 9.84 Å². The average Bonchev–Trinajstić information content (AvgIpc) is 2.76. The van der Waals surface area contributed by atoms with Crippen LogP contribution in [-0.2, 0) is 4.74 Å². The van der Waals surface area contributed by atoms with Crippen molar-refractivity contribution in [3.8, 4) is 0 Å². The van der Waals surface area contributed by atoms with Gasteiger partial charge >= 0.3 is 0 Å². The van der Waals surface area contributed by atoms with E-state index >= 15 is 0 Å². The van der Waals surface area contributed by atoms with Crippen LogP contribution in [0.5, 0.6) is 0 Å². The van der Waals surface area contributed by atoms with Crippen LogP contribution in [0.2, 0.25) is 0 Å². The van der Waals surface area contributed by atoms with Gasteiger partial charge in [0, 0.05) is 6.42 Å². The Hall–Kier alpha value is -0.340. The Kier molecular flexibility index (Phi) is 2.25. The van der Waals surface area contributed by atoms with E-state index in [0.29, 0.717) is 23.7 Å². The fourth-order valence-electron chi connectivity index (χ4n) is 4.10. The molecule has 0 aliphatic heterocycles. The smallest absolute Gasteiger partial charge is 0.0644 e. The summed E-state index contributed by atoms with van der Waals surface area (Å²) in [5.41, 5.74) is -0.0924. The lowest BCUT2D eigenvalue weighted by molar-refractivity contribution is -0.0829. The lowest BCUT2D eigenvalue weighted by atomic mass is 9.84. The molecule has 0 heterocycles. The summed E-state index contributed by atoms with van der Waals surface area (Å²) < 4.78 is 6.14. The lowest BCUT2D eigenvalue weighted by Gasteiger charge is -2.31. The van der Waals surface area contributed by atoms with Crippen molar-refractivity contribution in [2.45, 2.75) is 51.4 Å². The number of rotatable bonds is 1. The first-order valence-electron chi connectivity index (χ1n) is 6.50. The summed E-state index contributed by atoms with van der Waals surface area (Å²) in [4.78, 5) is 0. The second-order valence-electron chi connectivity index (χ2n) is 6.67. The van der Waals surface area contributed by atoms with Gasteiger partial charge in [-0.3, -0.25) is 0 Å². The lowest BCUT2D eigenvalue weighted by Crippen LogP contribution is -2.33. The minimum atomic E-state index is -0.141. The highest BCUT2D eigenvalue weighted by atomic mass is 16.5. The molecule has 2 unspecified atom stereocenters. The van der Waals surface area contributed by atoms with Crippen molar-refractivity contribution in [2.24, 2.45) is 23.7 Å². The molecule has 0 aromatic rings. The van der Waals surface area contributed by atoms with Crippen LogP contribution in [0, 0.1) is 23.7 Å². The summed E-state index contributed by atoms with van der Waals surface area (Å²) in [6, 6.07) is 0. The van der Waals surface area contributed by atoms with Crippen LogP contribution in [0.25, 0.3) is 0 Å². The van der Waals surface area contributed by atoms with E-state index in [1.54, 1.807) is 0 Å². The highest BCUT2D eigenvalue weighted by Gasteiger charge is 2.56. The Morgan fingerprint density at radius 1 is 1.06 bits per heavy atom. The molecule has 0 aromatic heterocycles. The molecule has 3 aliphatic carbocycles. The van der Waals surface area contributed by atoms with Crippen molar-refractivity contribution < 1.29 is 9.84 Å². The van der Waals surface area contributed by atoms with E-state index in [2.05, 4.69) is 32.9 Å². The van der Waals surface area contributed by atoms with Crippen LogP contribution >= 0.6 is 0 Å². The first-order chi connectivity index (χ1) is 7.46. The average molecular weight is 222 g/mol. The molecule has 0 saturated heterocycles. The van der Waals surface area contributed by atoms with E-state index in [1.807, 2.05) is 0 Å². The van der Waals surface area contributed by atoms with Crippen molar-refractivity contribution in [1.82, 2.24) is 0 Å². The molecule has 1 N–H and O–H groups in total. The molecule has 0 aromatic carbocycles. The Morgan fingerprint density at radius 2 is 1.69 bits per heavy atom. The molecule has 2 nitrogen and oxygen atoms in total. The summed E-state index contributed by atoms with van der Waals surface area (Å²) in [5, 5.41) is 10.2. The molecule has 0 radical (unpaired) electrons. The zero-order valence-electron chi connectivity index (χ0n) is 10.4. The second-order valence-corrected chi connectivity index (χ2v) is 6.67. The van der Waals surface area contributed by atoms with Gasteiger partial charge in [0.2, 0.25) is 0 Å². The molecule has 0 spiro atoms. The van der Waals surface area contributed by atoms with Gasteiger partial charge in [-0.2, -0.15) is 0 Å². The first kappa shape index (κ1) is 10.8. The van der Waals surface area contributed by atoms with E-state index < -0.39 is 0 Å². The number of aliphatic hydroxyl groups is 1. The maximum Gasteiger partial charge on any atom is 0.0644 e. The third-order valence-corrected chi connectivity index (χ3v) is 4.44. The van der Waals surface area contributed by atoms with Gasteiger partial charge in [-0.15, -0.1) is 0 Å². The highest BCUT2D eigenvalue weighted by molar-refractivity contribution is 5.19. The largest absolute Gasteiger partial charge is 0.393 e. The molecule has 16 heavy (non-hydrogen) atoms. The molecular formula is C14H22O2. The molecule has 0 amide bonds. The molecule has 3 aliphatic rings. The minimum Gasteiger partial charge on any atom is -0.393 e. The number of ether oxygens (including phenoxy) is 1. The third kappa shape index (κ3) is 1.54. The molecule has 6 atom stereocenters. The Bertz CT molecular complexity index is 315. The highest BCUT2D eigenvalue weighted by Crippen LogP contribution is 2.56. The first-order valence-corrected chi connectivity index (χ1v) is 6.50. The SMILES string of the molecule is CC(C)(C)O[C@@H]1C[C@H](O)C2C1[C@H]1C=C[C@@H]2C1. The van der Waals surface area contributed by atoms with Crippen molar-refractivity contribution in [2.75, 3.05) is 0 Å². The second kappa shape index (κ2) is 3.33. The zero-order valence-corrected chi connectivity index (χ0v) is 10.4.